The van der Waals surface area contributed by atoms with E-state index in [4.69, 9.17) is 9.47 Å². The lowest BCUT2D eigenvalue weighted by Crippen LogP contribution is -1.94. The largest absolute Gasteiger partial charge is 0.451 e. The molecule has 0 aliphatic carbocycles. The van der Waals surface area contributed by atoms with Crippen LogP contribution in [0.3, 0.4) is 0 Å². The minimum Gasteiger partial charge on any atom is -0.451 e. The Kier molecular flexibility index (Phi) is 1.42. The zero-order valence-electron chi connectivity index (χ0n) is 6.33. The third kappa shape index (κ3) is 0.926. The van der Waals surface area contributed by atoms with Gasteiger partial charge in [-0.25, -0.2) is 4.98 Å². The van der Waals surface area contributed by atoms with Crippen molar-refractivity contribution in [3.8, 4) is 11.6 Å². The molecule has 0 spiro atoms. The van der Waals surface area contributed by atoms with Gasteiger partial charge >= 0.3 is 0 Å². The molecule has 0 radical (unpaired) electrons. The Balaban J connectivity index is 2.50. The van der Waals surface area contributed by atoms with E-state index < -0.39 is 0 Å². The molecule has 1 aromatic rings. The van der Waals surface area contributed by atoms with Crippen LogP contribution in [0.4, 0.5) is 0 Å². The van der Waals surface area contributed by atoms with Gasteiger partial charge in [-0.05, 0) is 12.5 Å². The van der Waals surface area contributed by atoms with Gasteiger partial charge in [0.15, 0.2) is 5.75 Å². The first-order valence-electron chi connectivity index (χ1n) is 3.65. The second kappa shape index (κ2) is 2.42. The first kappa shape index (κ1) is 6.46. The summed E-state index contributed by atoms with van der Waals surface area (Å²) >= 11 is 0. The van der Waals surface area contributed by atoms with Crippen molar-refractivity contribution < 1.29 is 9.47 Å². The van der Waals surface area contributed by atoms with E-state index in [1.807, 2.05) is 6.07 Å². The fraction of sp³-hybridized carbons (Fsp3) is 0.375. The van der Waals surface area contributed by atoms with Gasteiger partial charge in [0.1, 0.15) is 0 Å². The molecule has 2 heterocycles. The van der Waals surface area contributed by atoms with Gasteiger partial charge in [-0.1, -0.05) is 6.92 Å². The van der Waals surface area contributed by atoms with Crippen LogP contribution < -0.4 is 9.47 Å². The van der Waals surface area contributed by atoms with E-state index in [0.29, 0.717) is 12.7 Å². The zero-order valence-corrected chi connectivity index (χ0v) is 6.33. The summed E-state index contributed by atoms with van der Waals surface area (Å²) in [5, 5.41) is 0. The van der Waals surface area contributed by atoms with Crippen LogP contribution in [0, 0.1) is 0 Å². The van der Waals surface area contributed by atoms with Crippen molar-refractivity contribution >= 4 is 0 Å². The predicted octanol–water partition coefficient (Wildman–Crippen LogP) is 1.37. The maximum absolute atomic E-state index is 5.24. The molecule has 58 valence electrons. The summed E-state index contributed by atoms with van der Waals surface area (Å²) in [4.78, 5) is 4.02. The number of hydrogen-bond acceptors (Lipinski definition) is 3. The zero-order chi connectivity index (χ0) is 7.68. The summed E-state index contributed by atoms with van der Waals surface area (Å²) in [5.74, 6) is 1.44. The Bertz CT molecular complexity index is 273. The summed E-state index contributed by atoms with van der Waals surface area (Å²) < 4.78 is 10.3. The highest BCUT2D eigenvalue weighted by molar-refractivity contribution is 5.42. The van der Waals surface area contributed by atoms with Gasteiger partial charge in [0.05, 0.1) is 0 Å². The molecule has 2 rings (SSSR count). The average molecular weight is 151 g/mol. The predicted molar refractivity (Wildman–Crippen MR) is 39.7 cm³/mol. The molecule has 1 aliphatic heterocycles. The summed E-state index contributed by atoms with van der Waals surface area (Å²) in [5.41, 5.74) is 1.16. The molecular formula is C8H9NO2. The second-order valence-electron chi connectivity index (χ2n) is 2.36. The average Bonchev–Trinajstić information content (AvgIpc) is 2.50. The minimum absolute atomic E-state index is 0.305. The topological polar surface area (TPSA) is 31.4 Å². The van der Waals surface area contributed by atoms with E-state index in [0.717, 1.165) is 17.7 Å². The lowest BCUT2D eigenvalue weighted by Gasteiger charge is -1.99. The van der Waals surface area contributed by atoms with Crippen molar-refractivity contribution in [3.63, 3.8) is 0 Å². The Morgan fingerprint density at radius 1 is 1.55 bits per heavy atom. The standard InChI is InChI=1S/C8H9NO2/c1-2-6-3-4-9-8-7(6)10-5-11-8/h3-4H,2,5H2,1H3. The SMILES string of the molecule is CCc1ccnc2c1OCO2. The second-order valence-corrected chi connectivity index (χ2v) is 2.36. The molecule has 1 aliphatic rings. The van der Waals surface area contributed by atoms with Gasteiger partial charge in [0.25, 0.3) is 5.88 Å². The maximum Gasteiger partial charge on any atom is 0.260 e. The molecule has 3 nitrogen and oxygen atoms in total. The number of fused-ring (bicyclic) bond motifs is 1. The minimum atomic E-state index is 0.305. The fourth-order valence-corrected chi connectivity index (χ4v) is 1.15. The quantitative estimate of drug-likeness (QED) is 0.607. The number of pyridine rings is 1. The van der Waals surface area contributed by atoms with Crippen LogP contribution in [0.2, 0.25) is 0 Å². The molecule has 3 heteroatoms. The smallest absolute Gasteiger partial charge is 0.260 e. The molecule has 0 fully saturated rings. The van der Waals surface area contributed by atoms with Crippen LogP contribution in [0.1, 0.15) is 12.5 Å². The molecule has 0 aromatic carbocycles. The van der Waals surface area contributed by atoms with Gasteiger partial charge in [-0.15, -0.1) is 0 Å². The Labute approximate surface area is 65.0 Å². The highest BCUT2D eigenvalue weighted by Crippen LogP contribution is 2.32. The van der Waals surface area contributed by atoms with Crippen molar-refractivity contribution in [1.82, 2.24) is 4.98 Å². The number of hydrogen-bond donors (Lipinski definition) is 0. The van der Waals surface area contributed by atoms with Gasteiger partial charge in [-0.2, -0.15) is 0 Å². The van der Waals surface area contributed by atoms with E-state index in [-0.39, 0.29) is 0 Å². The van der Waals surface area contributed by atoms with E-state index in [2.05, 4.69) is 11.9 Å². The number of ether oxygens (including phenoxy) is 2. The molecule has 0 bridgehead atoms. The summed E-state index contributed by atoms with van der Waals surface area (Å²) in [6.45, 7) is 2.39. The van der Waals surface area contributed by atoms with Crippen LogP contribution in [-0.2, 0) is 6.42 Å². The van der Waals surface area contributed by atoms with Crippen molar-refractivity contribution in [3.05, 3.63) is 17.8 Å². The molecule has 11 heavy (non-hydrogen) atoms. The van der Waals surface area contributed by atoms with E-state index in [1.54, 1.807) is 6.20 Å². The first-order valence-corrected chi connectivity index (χ1v) is 3.65. The highest BCUT2D eigenvalue weighted by Gasteiger charge is 2.17. The lowest BCUT2D eigenvalue weighted by atomic mass is 10.2. The molecule has 0 N–H and O–H groups in total. The van der Waals surface area contributed by atoms with E-state index >= 15 is 0 Å². The molecule has 0 saturated heterocycles. The van der Waals surface area contributed by atoms with Crippen molar-refractivity contribution in [2.45, 2.75) is 13.3 Å². The molecule has 1 aromatic heterocycles. The van der Waals surface area contributed by atoms with Gasteiger partial charge in [0, 0.05) is 11.8 Å². The number of aryl methyl sites for hydroxylation is 1. The normalized spacial score (nSPS) is 13.5. The van der Waals surface area contributed by atoms with Gasteiger partial charge in [-0.3, -0.25) is 0 Å². The highest BCUT2D eigenvalue weighted by atomic mass is 16.7. The van der Waals surface area contributed by atoms with Crippen LogP contribution in [0.15, 0.2) is 12.3 Å². The van der Waals surface area contributed by atoms with Crippen LogP contribution in [-0.4, -0.2) is 11.8 Å². The summed E-state index contributed by atoms with van der Waals surface area (Å²) in [6, 6.07) is 1.95. The molecule has 0 atom stereocenters. The Morgan fingerprint density at radius 2 is 2.45 bits per heavy atom. The lowest BCUT2D eigenvalue weighted by molar-refractivity contribution is 0.170. The van der Waals surface area contributed by atoms with Gasteiger partial charge < -0.3 is 9.47 Å². The first-order chi connectivity index (χ1) is 5.42. The molecule has 0 amide bonds. The number of aromatic nitrogens is 1. The third-order valence-corrected chi connectivity index (χ3v) is 1.73. The van der Waals surface area contributed by atoms with Crippen LogP contribution >= 0.6 is 0 Å². The van der Waals surface area contributed by atoms with Gasteiger partial charge in [0.2, 0.25) is 6.79 Å². The molecule has 0 saturated carbocycles. The van der Waals surface area contributed by atoms with Crippen LogP contribution in [0.5, 0.6) is 11.6 Å². The van der Waals surface area contributed by atoms with E-state index in [9.17, 15) is 0 Å². The summed E-state index contributed by atoms with van der Waals surface area (Å²) in [6.07, 6.45) is 2.70. The number of rotatable bonds is 1. The monoisotopic (exact) mass is 151 g/mol. The Hall–Kier alpha value is -1.25. The summed E-state index contributed by atoms with van der Waals surface area (Å²) in [7, 11) is 0. The molecule has 0 unspecified atom stereocenters. The number of nitrogens with zero attached hydrogens (tertiary/aromatic N) is 1. The van der Waals surface area contributed by atoms with Crippen molar-refractivity contribution in [1.29, 1.82) is 0 Å². The van der Waals surface area contributed by atoms with Crippen molar-refractivity contribution in [2.75, 3.05) is 6.79 Å². The van der Waals surface area contributed by atoms with Crippen LogP contribution in [0.25, 0.3) is 0 Å². The maximum atomic E-state index is 5.24. The fourth-order valence-electron chi connectivity index (χ4n) is 1.15. The Morgan fingerprint density at radius 3 is 3.27 bits per heavy atom. The molecular weight excluding hydrogens is 142 g/mol. The third-order valence-electron chi connectivity index (χ3n) is 1.73. The van der Waals surface area contributed by atoms with E-state index in [1.165, 1.54) is 0 Å². The van der Waals surface area contributed by atoms with Crippen molar-refractivity contribution in [2.24, 2.45) is 0 Å².